The van der Waals surface area contributed by atoms with Crippen LogP contribution in [0.2, 0.25) is 0 Å². The summed E-state index contributed by atoms with van der Waals surface area (Å²) in [6.07, 6.45) is 4.38. The van der Waals surface area contributed by atoms with E-state index in [1.165, 1.54) is 0 Å². The first-order valence-electron chi connectivity index (χ1n) is 15.9. The van der Waals surface area contributed by atoms with Crippen molar-refractivity contribution in [3.8, 4) is 17.2 Å². The summed E-state index contributed by atoms with van der Waals surface area (Å²) >= 11 is 1.59. The third kappa shape index (κ3) is 9.09. The summed E-state index contributed by atoms with van der Waals surface area (Å²) in [6.45, 7) is 9.31. The SMILES string of the molecule is CCOc1cc2c(cc1C(=O)NC)C(=N)N(CC(=O)c1cc(OCCCc3nccs3)c(OCCCCC(=O)O)c(C(C)(C)C)c1)C2. The van der Waals surface area contributed by atoms with Crippen molar-refractivity contribution >= 4 is 34.8 Å². The fraction of sp³-hybridized carbons (Fsp3) is 0.457. The van der Waals surface area contributed by atoms with Crippen LogP contribution in [0.25, 0.3) is 0 Å². The number of carbonyl (C=O) groups is 3. The second-order valence-electron chi connectivity index (χ2n) is 12.3. The molecule has 0 atom stereocenters. The van der Waals surface area contributed by atoms with Crippen molar-refractivity contribution in [3.05, 3.63) is 68.7 Å². The summed E-state index contributed by atoms with van der Waals surface area (Å²) in [5.74, 6) is 0.263. The van der Waals surface area contributed by atoms with E-state index in [0.29, 0.717) is 73.1 Å². The molecule has 0 saturated carbocycles. The number of hydrogen-bond donors (Lipinski definition) is 3. The Kier molecular flexibility index (Phi) is 12.0. The lowest BCUT2D eigenvalue weighted by Gasteiger charge is -2.26. The first kappa shape index (κ1) is 35.4. The highest BCUT2D eigenvalue weighted by Gasteiger charge is 2.31. The predicted molar refractivity (Wildman–Crippen MR) is 181 cm³/mol. The number of aryl methyl sites for hydroxylation is 1. The number of nitrogens with zero attached hydrogens (tertiary/aromatic N) is 2. The van der Waals surface area contributed by atoms with Gasteiger partial charge >= 0.3 is 5.97 Å². The first-order valence-corrected chi connectivity index (χ1v) is 16.7. The summed E-state index contributed by atoms with van der Waals surface area (Å²) in [4.78, 5) is 43.4. The van der Waals surface area contributed by atoms with Crippen molar-refractivity contribution in [1.82, 2.24) is 15.2 Å². The lowest BCUT2D eigenvalue weighted by atomic mass is 9.84. The summed E-state index contributed by atoms with van der Waals surface area (Å²) in [5.41, 5.74) is 2.57. The number of hydrogen-bond acceptors (Lipinski definition) is 9. The van der Waals surface area contributed by atoms with Gasteiger partial charge in [0, 0.05) is 54.7 Å². The Balaban J connectivity index is 1.59. The molecule has 1 aliphatic heterocycles. The zero-order chi connectivity index (χ0) is 34.1. The van der Waals surface area contributed by atoms with E-state index in [-0.39, 0.29) is 30.5 Å². The van der Waals surface area contributed by atoms with E-state index in [2.05, 4.69) is 10.3 Å². The van der Waals surface area contributed by atoms with Gasteiger partial charge in [-0.25, -0.2) is 4.98 Å². The van der Waals surface area contributed by atoms with Gasteiger partial charge in [0.15, 0.2) is 17.3 Å². The average molecular weight is 665 g/mol. The smallest absolute Gasteiger partial charge is 0.303 e. The van der Waals surface area contributed by atoms with Gasteiger partial charge in [0.05, 0.1) is 36.9 Å². The second kappa shape index (κ2) is 15.9. The summed E-state index contributed by atoms with van der Waals surface area (Å²) in [7, 11) is 1.54. The monoisotopic (exact) mass is 664 g/mol. The molecule has 2 aromatic carbocycles. The molecule has 11 nitrogen and oxygen atoms in total. The Hall–Kier alpha value is -4.45. The third-order valence-corrected chi connectivity index (χ3v) is 8.58. The fourth-order valence-electron chi connectivity index (χ4n) is 5.33. The van der Waals surface area contributed by atoms with Crippen molar-refractivity contribution in [2.75, 3.05) is 33.4 Å². The molecule has 4 rings (SSSR count). The fourth-order valence-corrected chi connectivity index (χ4v) is 5.99. The number of carbonyl (C=O) groups excluding carboxylic acids is 2. The number of Topliss-reactive ketones (excluding diaryl/α,β-unsaturated/α-hetero) is 1. The number of benzene rings is 2. The lowest BCUT2D eigenvalue weighted by molar-refractivity contribution is -0.137. The van der Waals surface area contributed by atoms with Crippen LogP contribution in [0.3, 0.4) is 0 Å². The first-order chi connectivity index (χ1) is 22.4. The minimum atomic E-state index is -0.844. The number of amides is 1. The number of carboxylic acids is 1. The van der Waals surface area contributed by atoms with Crippen LogP contribution in [0.5, 0.6) is 17.2 Å². The molecule has 0 bridgehead atoms. The van der Waals surface area contributed by atoms with E-state index in [4.69, 9.17) is 24.7 Å². The van der Waals surface area contributed by atoms with E-state index in [9.17, 15) is 14.4 Å². The minimum Gasteiger partial charge on any atom is -0.493 e. The number of thiazole rings is 1. The zero-order valence-corrected chi connectivity index (χ0v) is 28.6. The predicted octanol–water partition coefficient (Wildman–Crippen LogP) is 5.87. The van der Waals surface area contributed by atoms with E-state index in [1.807, 2.05) is 39.1 Å². The van der Waals surface area contributed by atoms with Crippen molar-refractivity contribution < 1.29 is 33.7 Å². The number of carboxylic acid groups (broad SMARTS) is 1. The number of fused-ring (bicyclic) bond motifs is 1. The number of nitrogens with one attached hydrogen (secondary N) is 2. The minimum absolute atomic E-state index is 0.0464. The van der Waals surface area contributed by atoms with Gasteiger partial charge in [-0.2, -0.15) is 0 Å². The second-order valence-corrected chi connectivity index (χ2v) is 13.3. The molecule has 12 heteroatoms. The molecule has 3 N–H and O–H groups in total. The molecule has 0 aliphatic carbocycles. The van der Waals surface area contributed by atoms with Crippen molar-refractivity contribution in [2.45, 2.75) is 71.8 Å². The highest BCUT2D eigenvalue weighted by atomic mass is 32.1. The summed E-state index contributed by atoms with van der Waals surface area (Å²) in [5, 5.41) is 23.4. The van der Waals surface area contributed by atoms with Crippen molar-refractivity contribution in [1.29, 1.82) is 5.41 Å². The largest absolute Gasteiger partial charge is 0.493 e. The molecule has 0 radical (unpaired) electrons. The maximum Gasteiger partial charge on any atom is 0.303 e. The van der Waals surface area contributed by atoms with Crippen LogP contribution in [-0.2, 0) is 23.2 Å². The number of rotatable bonds is 17. The maximum atomic E-state index is 13.9. The molecule has 0 fully saturated rings. The van der Waals surface area contributed by atoms with Crippen LogP contribution in [0.1, 0.15) is 95.8 Å². The summed E-state index contributed by atoms with van der Waals surface area (Å²) in [6, 6.07) is 6.97. The number of amidine groups is 1. The molecule has 252 valence electrons. The van der Waals surface area contributed by atoms with Gasteiger partial charge in [0.1, 0.15) is 11.6 Å². The summed E-state index contributed by atoms with van der Waals surface area (Å²) < 4.78 is 18.2. The topological polar surface area (TPSA) is 151 Å². The molecular formula is C35H44N4O7S. The van der Waals surface area contributed by atoms with Crippen LogP contribution in [0.4, 0.5) is 0 Å². The van der Waals surface area contributed by atoms with E-state index in [0.717, 1.165) is 29.0 Å². The Labute approximate surface area is 279 Å². The molecule has 2 heterocycles. The van der Waals surface area contributed by atoms with Gasteiger partial charge in [0.2, 0.25) is 0 Å². The van der Waals surface area contributed by atoms with Crippen LogP contribution in [0, 0.1) is 5.41 Å². The number of ether oxygens (including phenoxy) is 3. The van der Waals surface area contributed by atoms with Crippen LogP contribution in [-0.4, -0.2) is 71.9 Å². The van der Waals surface area contributed by atoms with Gasteiger partial charge in [-0.3, -0.25) is 19.8 Å². The van der Waals surface area contributed by atoms with Gasteiger partial charge in [-0.05, 0) is 61.4 Å². The van der Waals surface area contributed by atoms with Gasteiger partial charge in [-0.1, -0.05) is 20.8 Å². The quantitative estimate of drug-likeness (QED) is 0.119. The maximum absolute atomic E-state index is 13.9. The van der Waals surface area contributed by atoms with Gasteiger partial charge < -0.3 is 29.5 Å². The normalized spacial score (nSPS) is 12.5. The molecule has 0 spiro atoms. The molecule has 47 heavy (non-hydrogen) atoms. The number of ketones is 1. The van der Waals surface area contributed by atoms with Crippen LogP contribution >= 0.6 is 11.3 Å². The lowest BCUT2D eigenvalue weighted by Crippen LogP contribution is -2.30. The zero-order valence-electron chi connectivity index (χ0n) is 27.7. The number of unbranched alkanes of at least 4 members (excludes halogenated alkanes) is 1. The Morgan fingerprint density at radius 1 is 1.04 bits per heavy atom. The molecule has 1 aromatic heterocycles. The third-order valence-electron chi connectivity index (χ3n) is 7.74. The standard InChI is InChI=1S/C35H44N4O7S/c1-6-44-28-18-23-20-39(33(36)24(23)19-25(28)34(43)37-5)21-27(40)22-16-26(35(2,3)4)32(46-13-8-7-11-31(41)42)29(17-22)45-14-9-10-30-38-12-15-47-30/h12,15-19,36H,6-11,13-14,20-21H2,1-5H3,(H,37,43)(H,41,42). The van der Waals surface area contributed by atoms with Gasteiger partial charge in [0.25, 0.3) is 5.91 Å². The number of aromatic nitrogens is 1. The average Bonchev–Trinajstić information content (AvgIpc) is 3.65. The van der Waals surface area contributed by atoms with Gasteiger partial charge in [-0.15, -0.1) is 11.3 Å². The molecule has 0 saturated heterocycles. The molecule has 0 unspecified atom stereocenters. The number of aliphatic carboxylic acids is 1. The molecule has 3 aromatic rings. The Bertz CT molecular complexity index is 1600. The molecule has 1 amide bonds. The molecule has 1 aliphatic rings. The Morgan fingerprint density at radius 3 is 2.47 bits per heavy atom. The highest BCUT2D eigenvalue weighted by molar-refractivity contribution is 7.09. The van der Waals surface area contributed by atoms with Crippen LogP contribution < -0.4 is 19.5 Å². The van der Waals surface area contributed by atoms with E-state index < -0.39 is 11.4 Å². The highest BCUT2D eigenvalue weighted by Crippen LogP contribution is 2.41. The van der Waals surface area contributed by atoms with Crippen molar-refractivity contribution in [3.63, 3.8) is 0 Å². The van der Waals surface area contributed by atoms with E-state index in [1.54, 1.807) is 47.7 Å². The van der Waals surface area contributed by atoms with Crippen LogP contribution in [0.15, 0.2) is 35.8 Å². The molecular weight excluding hydrogens is 620 g/mol. The Morgan fingerprint density at radius 2 is 1.81 bits per heavy atom. The van der Waals surface area contributed by atoms with Crippen molar-refractivity contribution in [2.24, 2.45) is 0 Å². The van der Waals surface area contributed by atoms with E-state index >= 15 is 0 Å².